The molecule has 3 aliphatic heterocycles. The molecule has 1 N–H and O–H groups in total. The maximum absolute atomic E-state index is 3.65. The predicted octanol–water partition coefficient (Wildman–Crippen LogP) is 7.26. The fraction of sp³-hybridized carbons (Fsp3) is 0.263. The zero-order valence-electron chi connectivity index (χ0n) is 23.9. The van der Waals surface area contributed by atoms with E-state index in [0.29, 0.717) is 0 Å². The van der Waals surface area contributed by atoms with Gasteiger partial charge in [-0.1, -0.05) is 49.4 Å². The van der Waals surface area contributed by atoms with Crippen LogP contribution in [0.4, 0.5) is 5.69 Å². The summed E-state index contributed by atoms with van der Waals surface area (Å²) in [6, 6.07) is 25.2. The molecule has 3 aliphatic rings. The third-order valence-electron chi connectivity index (χ3n) is 9.47. The third-order valence-corrected chi connectivity index (χ3v) is 9.47. The molecule has 0 spiro atoms. The standard InChI is InChI=1S/C38H36N3/c1-2-28-13-14-30-17-22-41-21-16-29-7-3-4-10-33(29)38(41)36(30)35(28)34-25-26(15-18-39-34)11-12-27-23-31-8-5-19-40-20-6-9-32(24-27)37(31)40/h3-4,7,10-16,18,21,23-25H,2,5-6,8-9,17,19-20,22H2,1H3/q+1/p+1/b12-11+. The first-order chi connectivity index (χ1) is 20.3. The van der Waals surface area contributed by atoms with E-state index in [1.165, 1.54) is 94.3 Å². The molecule has 0 radical (unpaired) electrons. The van der Waals surface area contributed by atoms with Gasteiger partial charge in [0.25, 0.3) is 0 Å². The third kappa shape index (κ3) is 4.18. The Morgan fingerprint density at radius 2 is 1.61 bits per heavy atom. The van der Waals surface area contributed by atoms with Gasteiger partial charge in [0.1, 0.15) is 0 Å². The molecule has 3 nitrogen and oxygen atoms in total. The number of aryl methyl sites for hydroxylation is 5. The highest BCUT2D eigenvalue weighted by molar-refractivity contribution is 5.98. The van der Waals surface area contributed by atoms with E-state index in [0.717, 1.165) is 19.4 Å². The SMILES string of the molecule is CCc1ccc2c(c1-c1cc(/C=C/c3cc4c5c(c3)CCCN5CCC4)cc[nH+]1)-c1c3ccccc3cc[n+]1CC2. The molecule has 3 heteroatoms. The van der Waals surface area contributed by atoms with Crippen LogP contribution in [-0.4, -0.2) is 13.1 Å². The molecule has 0 amide bonds. The van der Waals surface area contributed by atoms with E-state index in [1.54, 1.807) is 16.8 Å². The number of benzene rings is 3. The number of nitrogens with zero attached hydrogens (tertiary/aromatic N) is 2. The van der Waals surface area contributed by atoms with Crippen LogP contribution in [0.2, 0.25) is 0 Å². The Morgan fingerprint density at radius 3 is 2.44 bits per heavy atom. The van der Waals surface area contributed by atoms with Crippen molar-refractivity contribution in [3.8, 4) is 22.5 Å². The average Bonchev–Trinajstić information content (AvgIpc) is 3.03. The van der Waals surface area contributed by atoms with Gasteiger partial charge in [0.2, 0.25) is 11.4 Å². The summed E-state index contributed by atoms with van der Waals surface area (Å²) >= 11 is 0. The van der Waals surface area contributed by atoms with E-state index in [9.17, 15) is 0 Å². The van der Waals surface area contributed by atoms with Crippen molar-refractivity contribution in [1.29, 1.82) is 0 Å². The molecule has 2 aromatic heterocycles. The number of pyridine rings is 2. The number of fused-ring (bicyclic) bond motifs is 5. The zero-order chi connectivity index (χ0) is 27.3. The summed E-state index contributed by atoms with van der Waals surface area (Å²) < 4.78 is 2.46. The minimum Gasteiger partial charge on any atom is -0.371 e. The van der Waals surface area contributed by atoms with Crippen LogP contribution in [-0.2, 0) is 32.2 Å². The number of anilines is 1. The van der Waals surface area contributed by atoms with Crippen molar-refractivity contribution in [2.24, 2.45) is 0 Å². The number of rotatable bonds is 4. The van der Waals surface area contributed by atoms with Crippen LogP contribution >= 0.6 is 0 Å². The summed E-state index contributed by atoms with van der Waals surface area (Å²) in [6.45, 7) is 5.74. The Hall–Kier alpha value is -4.24. The highest BCUT2D eigenvalue weighted by Gasteiger charge is 2.31. The highest BCUT2D eigenvalue weighted by Crippen LogP contribution is 2.40. The molecule has 0 fully saturated rings. The second-order valence-electron chi connectivity index (χ2n) is 11.9. The molecule has 3 aromatic carbocycles. The molecule has 41 heavy (non-hydrogen) atoms. The molecule has 0 saturated carbocycles. The Balaban J connectivity index is 1.23. The molecule has 5 heterocycles. The van der Waals surface area contributed by atoms with Gasteiger partial charge in [-0.15, -0.1) is 0 Å². The quantitative estimate of drug-likeness (QED) is 0.222. The minimum atomic E-state index is 0.996. The van der Waals surface area contributed by atoms with Crippen LogP contribution in [0.3, 0.4) is 0 Å². The second kappa shape index (κ2) is 9.99. The fourth-order valence-corrected chi connectivity index (χ4v) is 7.58. The molecular formula is C38H37N3+2. The van der Waals surface area contributed by atoms with Gasteiger partial charge >= 0.3 is 0 Å². The monoisotopic (exact) mass is 535 g/mol. The minimum absolute atomic E-state index is 0.996. The Morgan fingerprint density at radius 1 is 0.805 bits per heavy atom. The van der Waals surface area contributed by atoms with Gasteiger partial charge in [0, 0.05) is 43.4 Å². The topological polar surface area (TPSA) is 21.3 Å². The Kier molecular flexibility index (Phi) is 5.98. The molecule has 0 unspecified atom stereocenters. The van der Waals surface area contributed by atoms with Crippen LogP contribution in [0.15, 0.2) is 79.1 Å². The fourth-order valence-electron chi connectivity index (χ4n) is 7.58. The summed E-state index contributed by atoms with van der Waals surface area (Å²) in [6.07, 6.45) is 16.0. The van der Waals surface area contributed by atoms with Crippen molar-refractivity contribution >= 4 is 28.6 Å². The summed E-state index contributed by atoms with van der Waals surface area (Å²) in [4.78, 5) is 6.27. The van der Waals surface area contributed by atoms with Crippen LogP contribution in [0.1, 0.15) is 53.1 Å². The smallest absolute Gasteiger partial charge is 0.221 e. The Bertz CT molecular complexity index is 1820. The van der Waals surface area contributed by atoms with Crippen LogP contribution < -0.4 is 14.5 Å². The summed E-state index contributed by atoms with van der Waals surface area (Å²) in [5, 5.41) is 2.63. The van der Waals surface area contributed by atoms with E-state index in [-0.39, 0.29) is 0 Å². The van der Waals surface area contributed by atoms with E-state index in [1.807, 2.05) is 0 Å². The van der Waals surface area contributed by atoms with Gasteiger partial charge in [-0.25, -0.2) is 4.98 Å². The lowest BCUT2D eigenvalue weighted by atomic mass is 9.85. The molecule has 0 aliphatic carbocycles. The first-order valence-corrected chi connectivity index (χ1v) is 15.4. The van der Waals surface area contributed by atoms with Crippen molar-refractivity contribution in [3.63, 3.8) is 0 Å². The lowest BCUT2D eigenvalue weighted by Crippen LogP contribution is -2.40. The van der Waals surface area contributed by atoms with E-state index >= 15 is 0 Å². The molecule has 202 valence electrons. The first kappa shape index (κ1) is 24.5. The van der Waals surface area contributed by atoms with Gasteiger partial charge in [0.05, 0.1) is 16.5 Å². The number of aromatic nitrogens is 2. The van der Waals surface area contributed by atoms with Crippen LogP contribution in [0, 0.1) is 0 Å². The van der Waals surface area contributed by atoms with E-state index in [2.05, 4.69) is 113 Å². The molecule has 0 atom stereocenters. The van der Waals surface area contributed by atoms with Gasteiger partial charge < -0.3 is 4.90 Å². The number of aromatic amines is 1. The molecule has 8 rings (SSSR count). The normalized spacial score (nSPS) is 15.6. The maximum Gasteiger partial charge on any atom is 0.221 e. The molecular weight excluding hydrogens is 498 g/mol. The van der Waals surface area contributed by atoms with Gasteiger partial charge in [-0.3, -0.25) is 0 Å². The summed E-state index contributed by atoms with van der Waals surface area (Å²) in [5.41, 5.74) is 15.3. The van der Waals surface area contributed by atoms with Gasteiger partial charge in [0.15, 0.2) is 18.9 Å². The van der Waals surface area contributed by atoms with Gasteiger partial charge in [-0.2, -0.15) is 4.57 Å². The van der Waals surface area contributed by atoms with Crippen molar-refractivity contribution in [3.05, 3.63) is 113 Å². The first-order valence-electron chi connectivity index (χ1n) is 15.4. The number of hydrogen-bond donors (Lipinski definition) is 0. The van der Waals surface area contributed by atoms with Crippen LogP contribution in [0.25, 0.3) is 45.4 Å². The average molecular weight is 536 g/mol. The predicted molar refractivity (Wildman–Crippen MR) is 169 cm³/mol. The van der Waals surface area contributed by atoms with Gasteiger partial charge in [-0.05, 0) is 89.1 Å². The lowest BCUT2D eigenvalue weighted by Gasteiger charge is -2.37. The maximum atomic E-state index is 3.65. The second-order valence-corrected chi connectivity index (χ2v) is 11.9. The zero-order valence-corrected chi connectivity index (χ0v) is 23.9. The highest BCUT2D eigenvalue weighted by atomic mass is 15.1. The van der Waals surface area contributed by atoms with Crippen molar-refractivity contribution in [1.82, 2.24) is 0 Å². The van der Waals surface area contributed by atoms with Crippen molar-refractivity contribution < 1.29 is 9.55 Å². The van der Waals surface area contributed by atoms with E-state index < -0.39 is 0 Å². The lowest BCUT2D eigenvalue weighted by molar-refractivity contribution is -0.686. The molecule has 0 saturated heterocycles. The van der Waals surface area contributed by atoms with Crippen molar-refractivity contribution in [2.75, 3.05) is 18.0 Å². The van der Waals surface area contributed by atoms with E-state index in [4.69, 9.17) is 0 Å². The number of H-pyrrole nitrogens is 1. The van der Waals surface area contributed by atoms with Crippen molar-refractivity contribution in [2.45, 2.75) is 52.0 Å². The number of nitrogens with one attached hydrogen (secondary N) is 1. The molecule has 5 aromatic rings. The largest absolute Gasteiger partial charge is 0.371 e. The van der Waals surface area contributed by atoms with Crippen LogP contribution in [0.5, 0.6) is 0 Å². The Labute approximate surface area is 242 Å². The molecule has 0 bridgehead atoms. The summed E-state index contributed by atoms with van der Waals surface area (Å²) in [7, 11) is 0. The summed E-state index contributed by atoms with van der Waals surface area (Å²) in [5.74, 6) is 0. The number of hydrogen-bond acceptors (Lipinski definition) is 1.